The molecule has 1 aromatic carbocycles. The minimum absolute atomic E-state index is 0.158. The van der Waals surface area contributed by atoms with Crippen molar-refractivity contribution in [1.82, 2.24) is 4.98 Å². The number of aromatic nitrogens is 1. The highest BCUT2D eigenvalue weighted by Gasteiger charge is 2.27. The summed E-state index contributed by atoms with van der Waals surface area (Å²) in [6, 6.07) is 3.78. The highest BCUT2D eigenvalue weighted by atomic mass is 32.1. The maximum atomic E-state index is 9.43. The topological polar surface area (TPSA) is 91.4 Å². The van der Waals surface area contributed by atoms with Crippen LogP contribution >= 0.6 is 11.3 Å². The number of nitrogens with two attached hydrogens (primary N) is 1. The van der Waals surface area contributed by atoms with Gasteiger partial charge in [-0.25, -0.2) is 4.98 Å². The molecule has 1 heterocycles. The van der Waals surface area contributed by atoms with Crippen molar-refractivity contribution < 1.29 is 10.2 Å². The van der Waals surface area contributed by atoms with Crippen molar-refractivity contribution in [2.24, 2.45) is 0 Å². The van der Waals surface area contributed by atoms with Gasteiger partial charge in [-0.1, -0.05) is 6.92 Å². The molecule has 0 saturated heterocycles. The average molecular weight is 267 g/mol. The van der Waals surface area contributed by atoms with E-state index in [1.807, 2.05) is 19.1 Å². The number of hydrogen-bond donors (Lipinski definition) is 4. The van der Waals surface area contributed by atoms with E-state index < -0.39 is 5.54 Å². The lowest BCUT2D eigenvalue weighted by Crippen LogP contribution is -2.45. The summed E-state index contributed by atoms with van der Waals surface area (Å²) >= 11 is 1.53. The monoisotopic (exact) mass is 267 g/mol. The maximum Gasteiger partial charge on any atom is 0.106 e. The molecule has 0 saturated carbocycles. The molecule has 0 amide bonds. The molecule has 0 atom stereocenters. The number of nitrogens with zero attached hydrogens (tertiary/aromatic N) is 1. The highest BCUT2D eigenvalue weighted by molar-refractivity contribution is 7.16. The number of thiazole rings is 1. The molecule has 0 spiro atoms. The molecule has 0 fully saturated rings. The summed E-state index contributed by atoms with van der Waals surface area (Å²) in [6.07, 6.45) is 0.592. The largest absolute Gasteiger partial charge is 0.395 e. The average Bonchev–Trinajstić information content (AvgIpc) is 2.88. The fraction of sp³-hybridized carbons (Fsp3) is 0.417. The zero-order valence-electron chi connectivity index (χ0n) is 10.2. The van der Waals surface area contributed by atoms with E-state index in [0.29, 0.717) is 17.8 Å². The molecule has 0 aliphatic carbocycles. The van der Waals surface area contributed by atoms with Gasteiger partial charge in [0.25, 0.3) is 0 Å². The Morgan fingerprint density at radius 1 is 1.39 bits per heavy atom. The van der Waals surface area contributed by atoms with E-state index in [4.69, 9.17) is 5.73 Å². The van der Waals surface area contributed by atoms with E-state index in [1.165, 1.54) is 11.3 Å². The van der Waals surface area contributed by atoms with Crippen LogP contribution in [-0.2, 0) is 0 Å². The smallest absolute Gasteiger partial charge is 0.106 e. The van der Waals surface area contributed by atoms with Crippen LogP contribution in [0.15, 0.2) is 17.6 Å². The van der Waals surface area contributed by atoms with Crippen LogP contribution in [0.25, 0.3) is 10.2 Å². The molecule has 0 aliphatic rings. The van der Waals surface area contributed by atoms with Crippen molar-refractivity contribution in [1.29, 1.82) is 0 Å². The van der Waals surface area contributed by atoms with Crippen LogP contribution in [-0.4, -0.2) is 33.9 Å². The number of fused-ring (bicyclic) bond motifs is 1. The number of anilines is 2. The molecule has 0 aliphatic heterocycles. The summed E-state index contributed by atoms with van der Waals surface area (Å²) < 4.78 is 1.02. The predicted octanol–water partition coefficient (Wildman–Crippen LogP) is 1.42. The first-order valence-electron chi connectivity index (χ1n) is 5.77. The lowest BCUT2D eigenvalue weighted by Gasteiger charge is -2.31. The van der Waals surface area contributed by atoms with E-state index >= 15 is 0 Å². The van der Waals surface area contributed by atoms with Gasteiger partial charge in [-0.2, -0.15) is 0 Å². The second kappa shape index (κ2) is 5.09. The number of nitrogen functional groups attached to an aromatic ring is 1. The Bertz CT molecular complexity index is 529. The minimum Gasteiger partial charge on any atom is -0.395 e. The molecular formula is C12H17N3O2S. The zero-order chi connectivity index (χ0) is 13.2. The Kier molecular flexibility index (Phi) is 3.70. The van der Waals surface area contributed by atoms with Gasteiger partial charge in [-0.15, -0.1) is 11.3 Å². The standard InChI is InChI=1S/C12H17N3O2S/c1-2-12(5-16,6-17)15-8-3-4-9-11(10(8)13)14-7-18-9/h3-4,7,15-17H,2,5-6,13H2,1H3. The van der Waals surface area contributed by atoms with Crippen molar-refractivity contribution in [2.45, 2.75) is 18.9 Å². The van der Waals surface area contributed by atoms with E-state index in [1.54, 1.807) is 5.51 Å². The van der Waals surface area contributed by atoms with Gasteiger partial charge in [0.1, 0.15) is 5.52 Å². The Balaban J connectivity index is 2.39. The van der Waals surface area contributed by atoms with Crippen LogP contribution in [0.2, 0.25) is 0 Å². The van der Waals surface area contributed by atoms with E-state index in [9.17, 15) is 10.2 Å². The van der Waals surface area contributed by atoms with Crippen LogP contribution < -0.4 is 11.1 Å². The van der Waals surface area contributed by atoms with Crippen LogP contribution in [0.5, 0.6) is 0 Å². The summed E-state index contributed by atoms with van der Waals surface area (Å²) in [7, 11) is 0. The van der Waals surface area contributed by atoms with Crippen LogP contribution in [0, 0.1) is 0 Å². The molecule has 2 rings (SSSR count). The first-order valence-corrected chi connectivity index (χ1v) is 6.65. The van der Waals surface area contributed by atoms with E-state index in [-0.39, 0.29) is 13.2 Å². The Hall–Kier alpha value is -1.37. The van der Waals surface area contributed by atoms with Gasteiger partial charge in [0.2, 0.25) is 0 Å². The highest BCUT2D eigenvalue weighted by Crippen LogP contribution is 2.32. The number of nitrogens with one attached hydrogen (secondary N) is 1. The molecular weight excluding hydrogens is 250 g/mol. The van der Waals surface area contributed by atoms with Gasteiger partial charge in [0, 0.05) is 0 Å². The summed E-state index contributed by atoms with van der Waals surface area (Å²) in [4.78, 5) is 4.21. The molecule has 6 heteroatoms. The predicted molar refractivity (Wildman–Crippen MR) is 74.8 cm³/mol. The molecule has 0 radical (unpaired) electrons. The van der Waals surface area contributed by atoms with Crippen molar-refractivity contribution in [3.05, 3.63) is 17.6 Å². The van der Waals surface area contributed by atoms with Crippen molar-refractivity contribution >= 4 is 32.9 Å². The fourth-order valence-electron chi connectivity index (χ4n) is 1.79. The van der Waals surface area contributed by atoms with Crippen LogP contribution in [0.4, 0.5) is 11.4 Å². The van der Waals surface area contributed by atoms with Crippen molar-refractivity contribution in [3.8, 4) is 0 Å². The van der Waals surface area contributed by atoms with Crippen molar-refractivity contribution in [2.75, 3.05) is 24.3 Å². The number of aliphatic hydroxyl groups is 2. The van der Waals surface area contributed by atoms with Gasteiger partial charge < -0.3 is 21.3 Å². The van der Waals surface area contributed by atoms with Gasteiger partial charge in [-0.3, -0.25) is 0 Å². The second-order valence-electron chi connectivity index (χ2n) is 4.30. The normalized spacial score (nSPS) is 11.9. The molecule has 5 nitrogen and oxygen atoms in total. The SMILES string of the molecule is CCC(CO)(CO)Nc1ccc2scnc2c1N. The van der Waals surface area contributed by atoms with Crippen molar-refractivity contribution in [3.63, 3.8) is 0 Å². The van der Waals surface area contributed by atoms with Gasteiger partial charge in [0.05, 0.1) is 40.3 Å². The van der Waals surface area contributed by atoms with Crippen LogP contribution in [0.1, 0.15) is 13.3 Å². The maximum absolute atomic E-state index is 9.43. The number of hydrogen-bond acceptors (Lipinski definition) is 6. The first-order chi connectivity index (χ1) is 8.65. The zero-order valence-corrected chi connectivity index (χ0v) is 11.0. The number of benzene rings is 1. The summed E-state index contributed by atoms with van der Waals surface area (Å²) in [6.45, 7) is 1.58. The molecule has 1 aromatic heterocycles. The molecule has 5 N–H and O–H groups in total. The summed E-state index contributed by atoms with van der Waals surface area (Å²) in [5.41, 5.74) is 9.04. The van der Waals surface area contributed by atoms with E-state index in [0.717, 1.165) is 10.2 Å². The van der Waals surface area contributed by atoms with Gasteiger partial charge in [0.15, 0.2) is 0 Å². The molecule has 0 unspecified atom stereocenters. The van der Waals surface area contributed by atoms with Crippen LogP contribution in [0.3, 0.4) is 0 Å². The second-order valence-corrected chi connectivity index (χ2v) is 5.19. The third-order valence-corrected chi connectivity index (χ3v) is 4.02. The summed E-state index contributed by atoms with van der Waals surface area (Å²) in [5.74, 6) is 0. The van der Waals surface area contributed by atoms with Gasteiger partial charge >= 0.3 is 0 Å². The molecule has 2 aromatic rings. The Morgan fingerprint density at radius 3 is 2.72 bits per heavy atom. The quantitative estimate of drug-likeness (QED) is 0.615. The third-order valence-electron chi connectivity index (χ3n) is 3.22. The number of rotatable bonds is 5. The first kappa shape index (κ1) is 13.1. The fourth-order valence-corrected chi connectivity index (χ4v) is 2.48. The lowest BCUT2D eigenvalue weighted by molar-refractivity contribution is 0.132. The van der Waals surface area contributed by atoms with Gasteiger partial charge in [-0.05, 0) is 18.6 Å². The molecule has 98 valence electrons. The summed E-state index contributed by atoms with van der Waals surface area (Å²) in [5, 5.41) is 22.0. The van der Waals surface area contributed by atoms with E-state index in [2.05, 4.69) is 10.3 Å². The Labute approximate surface area is 109 Å². The Morgan fingerprint density at radius 2 is 2.11 bits per heavy atom. The molecule has 18 heavy (non-hydrogen) atoms. The lowest BCUT2D eigenvalue weighted by atomic mass is 9.97. The third kappa shape index (κ3) is 2.14. The minimum atomic E-state index is -0.752. The number of aliphatic hydroxyl groups excluding tert-OH is 2. The molecule has 0 bridgehead atoms.